The second-order valence-corrected chi connectivity index (χ2v) is 4.71. The number of esters is 1. The summed E-state index contributed by atoms with van der Waals surface area (Å²) in [5.41, 5.74) is -0.879. The van der Waals surface area contributed by atoms with E-state index in [9.17, 15) is 14.4 Å². The molecule has 0 saturated carbocycles. The van der Waals surface area contributed by atoms with Crippen LogP contribution in [0.2, 0.25) is 0 Å². The van der Waals surface area contributed by atoms with Gasteiger partial charge in [-0.2, -0.15) is 0 Å². The molecule has 18 heavy (non-hydrogen) atoms. The van der Waals surface area contributed by atoms with E-state index in [0.29, 0.717) is 9.71 Å². The second kappa shape index (κ2) is 4.73. The number of hydrogen-bond donors (Lipinski definition) is 0. The third-order valence-electron chi connectivity index (χ3n) is 2.15. The van der Waals surface area contributed by atoms with Crippen molar-refractivity contribution in [3.8, 4) is 0 Å². The van der Waals surface area contributed by atoms with Crippen LogP contribution in [0.3, 0.4) is 0 Å². The van der Waals surface area contributed by atoms with Gasteiger partial charge in [-0.3, -0.25) is 0 Å². The smallest absolute Gasteiger partial charge is 0.352 e. The molecule has 6 nitrogen and oxygen atoms in total. The van der Waals surface area contributed by atoms with Gasteiger partial charge in [0.1, 0.15) is 10.6 Å². The van der Waals surface area contributed by atoms with Crippen molar-refractivity contribution in [3.05, 3.63) is 27.1 Å². The summed E-state index contributed by atoms with van der Waals surface area (Å²) in [4.78, 5) is 37.8. The van der Waals surface area contributed by atoms with Crippen LogP contribution >= 0.6 is 11.3 Å². The van der Waals surface area contributed by atoms with Crippen molar-refractivity contribution in [2.75, 3.05) is 7.11 Å². The molecule has 8 heteroatoms. The first-order valence-corrected chi connectivity index (χ1v) is 5.84. The van der Waals surface area contributed by atoms with Crippen LogP contribution < -0.4 is 5.63 Å². The van der Waals surface area contributed by atoms with Gasteiger partial charge in [-0.05, 0) is 6.07 Å². The quantitative estimate of drug-likeness (QED) is 0.561. The SMILES string of the molecule is BC(=O)Cc1nc2oc(=O)c(C(=O)OC)cc2s1. The zero-order valence-corrected chi connectivity index (χ0v) is 10.5. The summed E-state index contributed by atoms with van der Waals surface area (Å²) in [6, 6.07) is 1.37. The summed E-state index contributed by atoms with van der Waals surface area (Å²) in [5, 5.41) is 0.544. The van der Waals surface area contributed by atoms with Crippen molar-refractivity contribution in [2.24, 2.45) is 0 Å². The zero-order valence-electron chi connectivity index (χ0n) is 9.68. The average molecular weight is 265 g/mol. The summed E-state index contributed by atoms with van der Waals surface area (Å²) in [7, 11) is 2.63. The number of rotatable bonds is 3. The van der Waals surface area contributed by atoms with Crippen LogP contribution in [0, 0.1) is 0 Å². The average Bonchev–Trinajstić information content (AvgIpc) is 2.67. The van der Waals surface area contributed by atoms with E-state index in [1.807, 2.05) is 0 Å². The van der Waals surface area contributed by atoms with Crippen LogP contribution in [0.4, 0.5) is 0 Å². The maximum atomic E-state index is 11.5. The molecule has 2 rings (SSSR count). The first-order chi connectivity index (χ1) is 8.51. The fourth-order valence-electron chi connectivity index (χ4n) is 1.40. The van der Waals surface area contributed by atoms with E-state index in [1.54, 1.807) is 0 Å². The molecule has 0 aliphatic carbocycles. The van der Waals surface area contributed by atoms with Gasteiger partial charge < -0.3 is 13.9 Å². The summed E-state index contributed by atoms with van der Waals surface area (Å²) in [6.45, 7) is 0. The Hall–Kier alpha value is -1.96. The molecule has 0 aliphatic rings. The Morgan fingerprint density at radius 2 is 2.28 bits per heavy atom. The molecule has 92 valence electrons. The van der Waals surface area contributed by atoms with Crippen molar-refractivity contribution in [2.45, 2.75) is 6.42 Å². The van der Waals surface area contributed by atoms with E-state index in [2.05, 4.69) is 9.72 Å². The molecule has 0 spiro atoms. The number of carbonyl (C=O) groups excluding carboxylic acids is 2. The van der Waals surface area contributed by atoms with Crippen LogP contribution in [-0.2, 0) is 16.0 Å². The Morgan fingerprint density at radius 1 is 1.56 bits per heavy atom. The van der Waals surface area contributed by atoms with E-state index in [4.69, 9.17) is 4.42 Å². The highest BCUT2D eigenvalue weighted by molar-refractivity contribution is 7.18. The van der Waals surface area contributed by atoms with Gasteiger partial charge in [0.05, 0.1) is 17.5 Å². The van der Waals surface area contributed by atoms with Gasteiger partial charge in [-0.25, -0.2) is 14.6 Å². The Bertz CT molecular complexity index is 689. The van der Waals surface area contributed by atoms with Crippen molar-refractivity contribution >= 4 is 41.2 Å². The number of ether oxygens (including phenoxy) is 1. The summed E-state index contributed by atoms with van der Waals surface area (Å²) < 4.78 is 9.91. The van der Waals surface area contributed by atoms with E-state index >= 15 is 0 Å². The van der Waals surface area contributed by atoms with Gasteiger partial charge in [0.15, 0.2) is 7.85 Å². The number of methoxy groups -OCH3 is 1. The maximum absolute atomic E-state index is 11.5. The minimum absolute atomic E-state index is 0.0374. The molecule has 0 radical (unpaired) electrons. The van der Waals surface area contributed by atoms with E-state index in [0.717, 1.165) is 0 Å². The Labute approximate surface area is 106 Å². The lowest BCUT2D eigenvalue weighted by atomic mass is 10.0. The number of carbonyl (C=O) groups is 2. The van der Waals surface area contributed by atoms with Crippen LogP contribution in [0.15, 0.2) is 15.3 Å². The van der Waals surface area contributed by atoms with Crippen LogP contribution in [0.25, 0.3) is 10.4 Å². The van der Waals surface area contributed by atoms with Gasteiger partial charge in [0.25, 0.3) is 0 Å². The summed E-state index contributed by atoms with van der Waals surface area (Å²) in [6.07, 6.45) is 0.177. The number of fused-ring (bicyclic) bond motifs is 1. The Kier molecular flexibility index (Phi) is 3.29. The molecule has 2 aromatic heterocycles. The third-order valence-corrected chi connectivity index (χ3v) is 3.14. The molecule has 0 aromatic carbocycles. The lowest BCUT2D eigenvalue weighted by Crippen LogP contribution is -2.14. The normalized spacial score (nSPS) is 10.5. The minimum Gasteiger partial charge on any atom is -0.465 e. The summed E-state index contributed by atoms with van der Waals surface area (Å²) >= 11 is 1.20. The molecule has 2 aromatic rings. The molecule has 0 unspecified atom stereocenters. The molecule has 0 atom stereocenters. The lowest BCUT2D eigenvalue weighted by molar-refractivity contribution is -0.111. The molecular weight excluding hydrogens is 257 g/mol. The second-order valence-electron chi connectivity index (χ2n) is 3.59. The summed E-state index contributed by atoms with van der Waals surface area (Å²) in [5.74, 6) is -0.757. The fraction of sp³-hybridized carbons (Fsp3) is 0.200. The standard InChI is InChI=1S/C10H8BNO5S/c1-16-9(14)4-2-5-8(17-10(4)15)12-7(18-5)3-6(11)13/h2H,3,11H2,1H3. The Balaban J connectivity index is 2.54. The zero-order chi connectivity index (χ0) is 13.3. The van der Waals surface area contributed by atoms with Crippen LogP contribution in [-0.4, -0.2) is 31.6 Å². The van der Waals surface area contributed by atoms with Crippen molar-refractivity contribution in [1.29, 1.82) is 0 Å². The molecule has 0 saturated heterocycles. The number of nitrogens with zero attached hydrogens (tertiary/aromatic N) is 1. The molecule has 2 heterocycles. The highest BCUT2D eigenvalue weighted by Gasteiger charge is 2.16. The minimum atomic E-state index is -0.797. The highest BCUT2D eigenvalue weighted by atomic mass is 32.1. The maximum Gasteiger partial charge on any atom is 0.352 e. The largest absolute Gasteiger partial charge is 0.465 e. The molecule has 0 bridgehead atoms. The first kappa shape index (κ1) is 12.5. The van der Waals surface area contributed by atoms with E-state index in [1.165, 1.54) is 32.4 Å². The van der Waals surface area contributed by atoms with Gasteiger partial charge in [-0.1, -0.05) is 0 Å². The number of hydrogen-bond acceptors (Lipinski definition) is 7. The van der Waals surface area contributed by atoms with Crippen molar-refractivity contribution in [3.63, 3.8) is 0 Å². The van der Waals surface area contributed by atoms with Gasteiger partial charge in [0, 0.05) is 6.42 Å². The molecule has 0 amide bonds. The topological polar surface area (TPSA) is 86.5 Å². The lowest BCUT2D eigenvalue weighted by Gasteiger charge is -1.95. The monoisotopic (exact) mass is 265 g/mol. The predicted molar refractivity (Wildman–Crippen MR) is 66.8 cm³/mol. The van der Waals surface area contributed by atoms with Crippen molar-refractivity contribution in [1.82, 2.24) is 4.98 Å². The molecule has 0 aliphatic heterocycles. The third kappa shape index (κ3) is 2.33. The molecule has 0 fully saturated rings. The van der Waals surface area contributed by atoms with Gasteiger partial charge >= 0.3 is 11.6 Å². The highest BCUT2D eigenvalue weighted by Crippen LogP contribution is 2.22. The Morgan fingerprint density at radius 3 is 2.89 bits per heavy atom. The fourth-order valence-corrected chi connectivity index (χ4v) is 2.41. The van der Waals surface area contributed by atoms with Crippen molar-refractivity contribution < 1.29 is 18.7 Å². The van der Waals surface area contributed by atoms with Crippen LogP contribution in [0.5, 0.6) is 0 Å². The predicted octanol–water partition coefficient (Wildman–Crippen LogP) is -0.262. The van der Waals surface area contributed by atoms with Crippen LogP contribution in [0.1, 0.15) is 15.4 Å². The number of thiazole rings is 1. The van der Waals surface area contributed by atoms with E-state index < -0.39 is 11.6 Å². The van der Waals surface area contributed by atoms with E-state index in [-0.39, 0.29) is 23.4 Å². The molecule has 0 N–H and O–H groups in total. The molecular formula is C10H8BNO5S. The number of aromatic nitrogens is 1. The first-order valence-electron chi connectivity index (χ1n) is 5.02. The van der Waals surface area contributed by atoms with Gasteiger partial charge in [-0.15, -0.1) is 11.3 Å². The van der Waals surface area contributed by atoms with Gasteiger partial charge in [0.2, 0.25) is 5.71 Å².